The standard InChI is InChI=1S/C31H29ClN6O2/c1-23-21-28(38(19-5-17-33)20-6-18-34)15-10-25(23)22-29(36-30(39)16-9-24-7-3-2-4-8-24)37-31(40)35-27-13-11-26(32)12-14-27/h2-4,7-16,21-22H,5-6,19-20H2,1H3,(H,36,39)(H2,35,37,40)/b16-9-,29-22-. The van der Waals surface area contributed by atoms with E-state index in [4.69, 9.17) is 22.1 Å². The van der Waals surface area contributed by atoms with Gasteiger partial charge < -0.3 is 15.5 Å². The Hall–Kier alpha value is -5.05. The van der Waals surface area contributed by atoms with Gasteiger partial charge in [-0.15, -0.1) is 0 Å². The molecule has 0 saturated heterocycles. The Balaban J connectivity index is 1.84. The number of nitrogens with zero attached hydrogens (tertiary/aromatic N) is 3. The van der Waals surface area contributed by atoms with E-state index < -0.39 is 11.9 Å². The summed E-state index contributed by atoms with van der Waals surface area (Å²) in [5.41, 5.74) is 3.92. The van der Waals surface area contributed by atoms with Gasteiger partial charge in [0.1, 0.15) is 5.82 Å². The normalized spacial score (nSPS) is 10.8. The molecule has 202 valence electrons. The van der Waals surface area contributed by atoms with Crippen LogP contribution < -0.4 is 20.9 Å². The predicted molar refractivity (Wildman–Crippen MR) is 159 cm³/mol. The summed E-state index contributed by atoms with van der Waals surface area (Å²) in [4.78, 5) is 27.5. The van der Waals surface area contributed by atoms with Gasteiger partial charge in [-0.3, -0.25) is 10.1 Å². The number of nitrogens with one attached hydrogen (secondary N) is 3. The number of hydrogen-bond acceptors (Lipinski definition) is 5. The van der Waals surface area contributed by atoms with E-state index in [9.17, 15) is 9.59 Å². The first-order valence-electron chi connectivity index (χ1n) is 12.6. The van der Waals surface area contributed by atoms with Gasteiger partial charge in [-0.1, -0.05) is 48.0 Å². The highest BCUT2D eigenvalue weighted by molar-refractivity contribution is 6.30. The average Bonchev–Trinajstić information content (AvgIpc) is 2.95. The van der Waals surface area contributed by atoms with E-state index in [-0.39, 0.29) is 5.82 Å². The summed E-state index contributed by atoms with van der Waals surface area (Å²) in [5, 5.41) is 26.7. The van der Waals surface area contributed by atoms with Crippen LogP contribution in [0.15, 0.2) is 84.7 Å². The van der Waals surface area contributed by atoms with E-state index in [2.05, 4.69) is 28.1 Å². The minimum Gasteiger partial charge on any atom is -0.369 e. The SMILES string of the molecule is Cc1cc(N(CCC#N)CCC#N)ccc1/C=C(/NC(=O)/C=C\c1ccccc1)NC(=O)Nc1ccc(Cl)cc1. The van der Waals surface area contributed by atoms with Crippen LogP contribution in [0.4, 0.5) is 16.2 Å². The number of hydrogen-bond donors (Lipinski definition) is 3. The smallest absolute Gasteiger partial charge is 0.324 e. The van der Waals surface area contributed by atoms with E-state index in [0.717, 1.165) is 22.4 Å². The number of carbonyl (C=O) groups is 2. The lowest BCUT2D eigenvalue weighted by molar-refractivity contribution is -0.115. The molecule has 8 nitrogen and oxygen atoms in total. The lowest BCUT2D eigenvalue weighted by atomic mass is 10.1. The van der Waals surface area contributed by atoms with Crippen molar-refractivity contribution in [3.8, 4) is 12.1 Å². The van der Waals surface area contributed by atoms with E-state index in [0.29, 0.717) is 36.6 Å². The number of benzene rings is 3. The molecule has 0 heterocycles. The van der Waals surface area contributed by atoms with E-state index in [1.807, 2.05) is 60.4 Å². The molecule has 0 saturated carbocycles. The van der Waals surface area contributed by atoms with Crippen LogP contribution in [-0.2, 0) is 4.79 Å². The molecular formula is C31H29ClN6O2. The zero-order valence-corrected chi connectivity index (χ0v) is 22.8. The molecule has 0 atom stereocenters. The third-order valence-electron chi connectivity index (χ3n) is 5.74. The summed E-state index contributed by atoms with van der Waals surface area (Å²) >= 11 is 5.93. The number of amides is 3. The molecule has 0 aliphatic carbocycles. The highest BCUT2D eigenvalue weighted by atomic mass is 35.5. The first-order valence-corrected chi connectivity index (χ1v) is 12.9. The lowest BCUT2D eigenvalue weighted by Crippen LogP contribution is -2.36. The van der Waals surface area contributed by atoms with Gasteiger partial charge in [0.2, 0.25) is 5.91 Å². The maximum atomic E-state index is 12.8. The molecule has 3 amide bonds. The summed E-state index contributed by atoms with van der Waals surface area (Å²) in [7, 11) is 0. The van der Waals surface area contributed by atoms with Crippen LogP contribution >= 0.6 is 11.6 Å². The maximum Gasteiger partial charge on any atom is 0.324 e. The third kappa shape index (κ3) is 9.68. The van der Waals surface area contributed by atoms with Crippen LogP contribution in [0.25, 0.3) is 12.2 Å². The Morgan fingerprint density at radius 3 is 2.23 bits per heavy atom. The second-order valence-electron chi connectivity index (χ2n) is 8.72. The molecule has 0 aliphatic heterocycles. The number of carbonyl (C=O) groups excluding carboxylic acids is 2. The van der Waals surface area contributed by atoms with E-state index in [1.54, 1.807) is 36.4 Å². The van der Waals surface area contributed by atoms with Gasteiger partial charge in [-0.2, -0.15) is 10.5 Å². The highest BCUT2D eigenvalue weighted by Gasteiger charge is 2.11. The van der Waals surface area contributed by atoms with Crippen molar-refractivity contribution in [1.29, 1.82) is 10.5 Å². The first kappa shape index (κ1) is 29.5. The minimum atomic E-state index is -0.547. The molecule has 0 aliphatic rings. The fraction of sp³-hybridized carbons (Fsp3) is 0.161. The Labute approximate surface area is 239 Å². The van der Waals surface area contributed by atoms with Crippen molar-refractivity contribution in [2.24, 2.45) is 0 Å². The topological polar surface area (TPSA) is 121 Å². The van der Waals surface area contributed by atoms with E-state index >= 15 is 0 Å². The lowest BCUT2D eigenvalue weighted by Gasteiger charge is -2.23. The molecule has 0 radical (unpaired) electrons. The number of urea groups is 1. The van der Waals surface area contributed by atoms with Gasteiger partial charge >= 0.3 is 6.03 Å². The molecule has 40 heavy (non-hydrogen) atoms. The van der Waals surface area contributed by atoms with Crippen molar-refractivity contribution in [3.05, 3.63) is 106 Å². The van der Waals surface area contributed by atoms with Gasteiger partial charge in [-0.05, 0) is 72.2 Å². The number of halogens is 1. The fourth-order valence-electron chi connectivity index (χ4n) is 3.75. The third-order valence-corrected chi connectivity index (χ3v) is 5.99. The Morgan fingerprint density at radius 1 is 0.925 bits per heavy atom. The van der Waals surface area contributed by atoms with Crippen molar-refractivity contribution >= 4 is 47.1 Å². The van der Waals surface area contributed by atoms with Crippen molar-refractivity contribution in [1.82, 2.24) is 10.6 Å². The Morgan fingerprint density at radius 2 is 1.60 bits per heavy atom. The van der Waals surface area contributed by atoms with Gasteiger partial charge in [0.05, 0.1) is 25.0 Å². The summed E-state index contributed by atoms with van der Waals surface area (Å²) in [6.07, 6.45) is 5.42. The molecule has 0 unspecified atom stereocenters. The van der Waals surface area contributed by atoms with Crippen LogP contribution in [0.1, 0.15) is 29.5 Å². The summed E-state index contributed by atoms with van der Waals surface area (Å²) in [5.74, 6) is -0.244. The molecule has 0 aromatic heterocycles. The second kappa shape index (κ2) is 15.4. The molecule has 0 spiro atoms. The predicted octanol–water partition coefficient (Wildman–Crippen LogP) is 6.23. The molecule has 0 fully saturated rings. The van der Waals surface area contributed by atoms with Crippen molar-refractivity contribution in [3.63, 3.8) is 0 Å². The zero-order chi connectivity index (χ0) is 28.7. The largest absolute Gasteiger partial charge is 0.369 e. The van der Waals surface area contributed by atoms with Crippen molar-refractivity contribution in [2.75, 3.05) is 23.3 Å². The molecule has 0 bridgehead atoms. The number of anilines is 2. The van der Waals surface area contributed by atoms with E-state index in [1.165, 1.54) is 6.08 Å². The van der Waals surface area contributed by atoms with Crippen LogP contribution in [0.2, 0.25) is 5.02 Å². The van der Waals surface area contributed by atoms with Crippen molar-refractivity contribution in [2.45, 2.75) is 19.8 Å². The summed E-state index contributed by atoms with van der Waals surface area (Å²) < 4.78 is 0. The molecule has 3 aromatic rings. The number of aryl methyl sites for hydroxylation is 1. The number of nitriles is 2. The van der Waals surface area contributed by atoms with Gasteiger partial charge in [0.25, 0.3) is 0 Å². The van der Waals surface area contributed by atoms with Gasteiger partial charge in [-0.25, -0.2) is 4.79 Å². The molecule has 3 N–H and O–H groups in total. The zero-order valence-electron chi connectivity index (χ0n) is 22.0. The average molecular weight is 553 g/mol. The fourth-order valence-corrected chi connectivity index (χ4v) is 3.87. The second-order valence-corrected chi connectivity index (χ2v) is 9.16. The van der Waals surface area contributed by atoms with Crippen molar-refractivity contribution < 1.29 is 9.59 Å². The van der Waals surface area contributed by atoms with Crippen LogP contribution in [0.3, 0.4) is 0 Å². The van der Waals surface area contributed by atoms with Crippen LogP contribution in [0.5, 0.6) is 0 Å². The quantitative estimate of drug-likeness (QED) is 0.243. The van der Waals surface area contributed by atoms with Gasteiger partial charge in [0, 0.05) is 35.6 Å². The molecule has 3 aromatic carbocycles. The monoisotopic (exact) mass is 552 g/mol. The van der Waals surface area contributed by atoms with Crippen LogP contribution in [-0.4, -0.2) is 25.0 Å². The summed E-state index contributed by atoms with van der Waals surface area (Å²) in [6, 6.07) is 25.5. The highest BCUT2D eigenvalue weighted by Crippen LogP contribution is 2.22. The minimum absolute atomic E-state index is 0.177. The Kier molecular flexibility index (Phi) is 11.3. The molecular weight excluding hydrogens is 524 g/mol. The Bertz CT molecular complexity index is 1440. The maximum absolute atomic E-state index is 12.8. The number of rotatable bonds is 11. The van der Waals surface area contributed by atoms with Gasteiger partial charge in [0.15, 0.2) is 0 Å². The van der Waals surface area contributed by atoms with Crippen LogP contribution in [0, 0.1) is 29.6 Å². The first-order chi connectivity index (χ1) is 19.4. The summed E-state index contributed by atoms with van der Waals surface area (Å²) in [6.45, 7) is 2.92. The molecule has 9 heteroatoms. The molecule has 3 rings (SSSR count).